The molecule has 0 bridgehead atoms. The lowest BCUT2D eigenvalue weighted by Gasteiger charge is -2.42. The fourth-order valence-electron chi connectivity index (χ4n) is 5.49. The van der Waals surface area contributed by atoms with Crippen LogP contribution in [0.3, 0.4) is 0 Å². The van der Waals surface area contributed by atoms with E-state index in [1.807, 2.05) is 19.1 Å². The molecule has 2 saturated heterocycles. The molecule has 3 atom stereocenters. The van der Waals surface area contributed by atoms with Gasteiger partial charge in [0.1, 0.15) is 11.3 Å². The number of hydrogen-bond donors (Lipinski definition) is 1. The van der Waals surface area contributed by atoms with Crippen molar-refractivity contribution in [3.63, 3.8) is 0 Å². The van der Waals surface area contributed by atoms with E-state index in [1.165, 1.54) is 10.5 Å². The zero-order valence-corrected chi connectivity index (χ0v) is 19.1. The molecule has 170 valence electrons. The van der Waals surface area contributed by atoms with Gasteiger partial charge in [-0.25, -0.2) is 9.69 Å². The number of carbonyl (C=O) groups excluding carboxylic acids is 2. The van der Waals surface area contributed by atoms with E-state index >= 15 is 0 Å². The molecule has 1 aliphatic carbocycles. The Morgan fingerprint density at radius 3 is 2.23 bits per heavy atom. The van der Waals surface area contributed by atoms with Crippen molar-refractivity contribution in [2.75, 3.05) is 39.5 Å². The van der Waals surface area contributed by atoms with E-state index in [9.17, 15) is 9.59 Å². The number of nitrogens with zero attached hydrogens (tertiary/aromatic N) is 3. The van der Waals surface area contributed by atoms with Crippen molar-refractivity contribution in [3.05, 3.63) is 29.8 Å². The van der Waals surface area contributed by atoms with Crippen LogP contribution in [0.5, 0.6) is 5.75 Å². The fourth-order valence-corrected chi connectivity index (χ4v) is 5.49. The normalized spacial score (nSPS) is 30.1. The first-order chi connectivity index (χ1) is 14.9. The first kappa shape index (κ1) is 22.1. The number of benzene rings is 1. The zero-order valence-electron chi connectivity index (χ0n) is 19.1. The van der Waals surface area contributed by atoms with Crippen molar-refractivity contribution in [1.29, 1.82) is 0 Å². The molecule has 1 aromatic carbocycles. The summed E-state index contributed by atoms with van der Waals surface area (Å²) in [5.41, 5.74) is 0.568. The van der Waals surface area contributed by atoms with Crippen LogP contribution in [0.1, 0.15) is 45.6 Å². The molecule has 1 aromatic rings. The third-order valence-electron chi connectivity index (χ3n) is 7.43. The Labute approximate surface area is 185 Å². The van der Waals surface area contributed by atoms with Gasteiger partial charge >= 0.3 is 6.03 Å². The number of hydrogen-bond acceptors (Lipinski definition) is 5. The largest absolute Gasteiger partial charge is 0.494 e. The van der Waals surface area contributed by atoms with E-state index in [4.69, 9.17) is 4.74 Å². The van der Waals surface area contributed by atoms with Crippen LogP contribution in [-0.4, -0.2) is 71.6 Å². The van der Waals surface area contributed by atoms with Gasteiger partial charge in [-0.15, -0.1) is 0 Å². The Balaban J connectivity index is 1.30. The summed E-state index contributed by atoms with van der Waals surface area (Å²) >= 11 is 0. The second kappa shape index (κ2) is 9.17. The molecular formula is C24H36N4O3. The maximum Gasteiger partial charge on any atom is 0.326 e. The third-order valence-corrected chi connectivity index (χ3v) is 7.43. The van der Waals surface area contributed by atoms with Gasteiger partial charge in [0.25, 0.3) is 5.91 Å². The summed E-state index contributed by atoms with van der Waals surface area (Å²) in [4.78, 5) is 32.2. The predicted molar refractivity (Wildman–Crippen MR) is 120 cm³/mol. The zero-order chi connectivity index (χ0) is 22.0. The Morgan fingerprint density at radius 1 is 1.00 bits per heavy atom. The minimum absolute atomic E-state index is 0.0194. The monoisotopic (exact) mass is 428 g/mol. The fraction of sp³-hybridized carbons (Fsp3) is 0.667. The van der Waals surface area contributed by atoms with Crippen LogP contribution in [0.2, 0.25) is 0 Å². The lowest BCUT2D eigenvalue weighted by Crippen LogP contribution is -2.59. The summed E-state index contributed by atoms with van der Waals surface area (Å²) < 4.78 is 5.52. The van der Waals surface area contributed by atoms with Crippen LogP contribution in [0.15, 0.2) is 24.3 Å². The van der Waals surface area contributed by atoms with E-state index in [1.54, 1.807) is 0 Å². The van der Waals surface area contributed by atoms with Gasteiger partial charge in [0, 0.05) is 32.7 Å². The third kappa shape index (κ3) is 4.30. The van der Waals surface area contributed by atoms with Gasteiger partial charge in [-0.05, 0) is 49.3 Å². The SMILES string of the molecule is CCOc1ccc(CN2CCN(CN3C(=O)NC4(C3=O)[C@H](C)CCC[C@@H]4C)CC2)cc1. The van der Waals surface area contributed by atoms with Gasteiger partial charge in [0.05, 0.1) is 13.3 Å². The highest BCUT2D eigenvalue weighted by molar-refractivity contribution is 6.07. The van der Waals surface area contributed by atoms with Crippen LogP contribution >= 0.6 is 0 Å². The van der Waals surface area contributed by atoms with Crippen molar-refractivity contribution in [1.82, 2.24) is 20.0 Å². The van der Waals surface area contributed by atoms with Gasteiger partial charge < -0.3 is 10.1 Å². The first-order valence-electron chi connectivity index (χ1n) is 11.7. The van der Waals surface area contributed by atoms with Crippen molar-refractivity contribution in [2.24, 2.45) is 11.8 Å². The van der Waals surface area contributed by atoms with E-state index < -0.39 is 5.54 Å². The minimum atomic E-state index is -0.704. The Morgan fingerprint density at radius 2 is 1.61 bits per heavy atom. The number of urea groups is 1. The number of amides is 3. The predicted octanol–water partition coefficient (Wildman–Crippen LogP) is 2.91. The number of rotatable bonds is 6. The molecule has 2 heterocycles. The highest BCUT2D eigenvalue weighted by Gasteiger charge is 2.58. The van der Waals surface area contributed by atoms with Crippen molar-refractivity contribution in [3.8, 4) is 5.75 Å². The number of piperazine rings is 1. The van der Waals surface area contributed by atoms with Crippen LogP contribution < -0.4 is 10.1 Å². The average molecular weight is 429 g/mol. The van der Waals surface area contributed by atoms with Gasteiger partial charge in [-0.1, -0.05) is 32.4 Å². The summed E-state index contributed by atoms with van der Waals surface area (Å²) in [6, 6.07) is 8.07. The molecule has 31 heavy (non-hydrogen) atoms. The molecule has 0 aromatic heterocycles. The number of nitrogens with one attached hydrogen (secondary N) is 1. The van der Waals surface area contributed by atoms with Crippen LogP contribution in [0.4, 0.5) is 4.79 Å². The maximum absolute atomic E-state index is 13.4. The van der Waals surface area contributed by atoms with Crippen LogP contribution in [0, 0.1) is 11.8 Å². The van der Waals surface area contributed by atoms with Gasteiger partial charge in [-0.2, -0.15) is 0 Å². The smallest absolute Gasteiger partial charge is 0.326 e. The minimum Gasteiger partial charge on any atom is -0.494 e. The first-order valence-corrected chi connectivity index (χ1v) is 11.7. The lowest BCUT2D eigenvalue weighted by atomic mass is 9.67. The van der Waals surface area contributed by atoms with Crippen LogP contribution in [0.25, 0.3) is 0 Å². The van der Waals surface area contributed by atoms with E-state index in [0.29, 0.717) is 13.3 Å². The highest BCUT2D eigenvalue weighted by atomic mass is 16.5. The maximum atomic E-state index is 13.4. The number of carbonyl (C=O) groups is 2. The second-order valence-corrected chi connectivity index (χ2v) is 9.38. The summed E-state index contributed by atoms with van der Waals surface area (Å²) in [6.07, 6.45) is 3.12. The Kier molecular flexibility index (Phi) is 6.53. The molecule has 0 radical (unpaired) electrons. The molecular weight excluding hydrogens is 392 g/mol. The molecule has 1 spiro atoms. The molecule has 7 nitrogen and oxygen atoms in total. The van der Waals surface area contributed by atoms with Crippen LogP contribution in [-0.2, 0) is 11.3 Å². The molecule has 1 unspecified atom stereocenters. The van der Waals surface area contributed by atoms with Gasteiger partial charge in [-0.3, -0.25) is 14.6 Å². The molecule has 7 heteroatoms. The molecule has 2 aliphatic heterocycles. The van der Waals surface area contributed by atoms with E-state index in [0.717, 1.165) is 57.7 Å². The summed E-state index contributed by atoms with van der Waals surface area (Å²) in [5, 5.41) is 3.10. The number of ether oxygens (including phenoxy) is 1. The molecule has 4 rings (SSSR count). The van der Waals surface area contributed by atoms with Crippen molar-refractivity contribution >= 4 is 11.9 Å². The van der Waals surface area contributed by atoms with E-state index in [2.05, 4.69) is 41.1 Å². The molecule has 1 saturated carbocycles. The van der Waals surface area contributed by atoms with E-state index in [-0.39, 0.29) is 23.8 Å². The Bertz CT molecular complexity index is 779. The summed E-state index contributed by atoms with van der Waals surface area (Å²) in [5.74, 6) is 1.25. The molecule has 3 amide bonds. The summed E-state index contributed by atoms with van der Waals surface area (Å²) in [7, 11) is 0. The topological polar surface area (TPSA) is 65.1 Å². The highest BCUT2D eigenvalue weighted by Crippen LogP contribution is 2.42. The quantitative estimate of drug-likeness (QED) is 0.706. The van der Waals surface area contributed by atoms with Gasteiger partial charge in [0.15, 0.2) is 0 Å². The lowest BCUT2D eigenvalue weighted by molar-refractivity contribution is -0.138. The average Bonchev–Trinajstić information content (AvgIpc) is 3.01. The molecule has 3 fully saturated rings. The standard InChI is InChI=1S/C24H36N4O3/c1-4-31-21-10-8-20(9-11-21)16-26-12-14-27(15-13-26)17-28-22(29)24(25-23(28)30)18(2)6-5-7-19(24)3/h8-11,18-19H,4-7,12-17H2,1-3H3,(H,25,30)/t18-,19+,24?. The number of imide groups is 1. The van der Waals surface area contributed by atoms with Crippen molar-refractivity contribution < 1.29 is 14.3 Å². The Hall–Kier alpha value is -2.12. The molecule has 3 aliphatic rings. The van der Waals surface area contributed by atoms with Gasteiger partial charge in [0.2, 0.25) is 0 Å². The summed E-state index contributed by atoms with van der Waals surface area (Å²) in [6.45, 7) is 11.7. The van der Waals surface area contributed by atoms with Crippen molar-refractivity contribution in [2.45, 2.75) is 52.1 Å². The molecule has 1 N–H and O–H groups in total. The second-order valence-electron chi connectivity index (χ2n) is 9.38.